The fourth-order valence-corrected chi connectivity index (χ4v) is 1.82. The lowest BCUT2D eigenvalue weighted by Crippen LogP contribution is -2.29. The first-order chi connectivity index (χ1) is 9.35. The zero-order valence-corrected chi connectivity index (χ0v) is 10.9. The lowest BCUT2D eigenvalue weighted by Gasteiger charge is -2.16. The fraction of sp³-hybridized carbons (Fsp3) is 0.286. The van der Waals surface area contributed by atoms with E-state index in [-0.39, 0.29) is 6.04 Å². The van der Waals surface area contributed by atoms with Crippen molar-refractivity contribution >= 4 is 0 Å². The highest BCUT2D eigenvalue weighted by Crippen LogP contribution is 2.23. The standard InChI is InChI=1S/C14H18N4O/c1-2-6-19-13-7-12(9-17-10-13)14(18-15)11-4-3-5-16-8-11/h3-5,7-10,14,18H,2,6,15H2,1H3. The number of nitrogens with one attached hydrogen (secondary N) is 1. The molecule has 0 aromatic carbocycles. The summed E-state index contributed by atoms with van der Waals surface area (Å²) >= 11 is 0. The van der Waals surface area contributed by atoms with E-state index in [4.69, 9.17) is 10.6 Å². The van der Waals surface area contributed by atoms with Gasteiger partial charge in [0.15, 0.2) is 0 Å². The predicted molar refractivity (Wildman–Crippen MR) is 73.4 cm³/mol. The van der Waals surface area contributed by atoms with Gasteiger partial charge in [-0.3, -0.25) is 15.8 Å². The zero-order valence-electron chi connectivity index (χ0n) is 10.9. The molecule has 1 atom stereocenters. The van der Waals surface area contributed by atoms with Crippen molar-refractivity contribution in [3.8, 4) is 5.75 Å². The van der Waals surface area contributed by atoms with Crippen molar-refractivity contribution in [2.75, 3.05) is 6.61 Å². The van der Waals surface area contributed by atoms with Crippen LogP contribution < -0.4 is 16.0 Å². The van der Waals surface area contributed by atoms with Gasteiger partial charge < -0.3 is 4.74 Å². The molecule has 2 aromatic heterocycles. The molecule has 0 radical (unpaired) electrons. The largest absolute Gasteiger partial charge is 0.492 e. The Morgan fingerprint density at radius 3 is 2.79 bits per heavy atom. The van der Waals surface area contributed by atoms with Gasteiger partial charge >= 0.3 is 0 Å². The highest BCUT2D eigenvalue weighted by molar-refractivity contribution is 5.32. The normalized spacial score (nSPS) is 12.1. The van der Waals surface area contributed by atoms with E-state index in [9.17, 15) is 0 Å². The van der Waals surface area contributed by atoms with Crippen LogP contribution in [0.25, 0.3) is 0 Å². The summed E-state index contributed by atoms with van der Waals surface area (Å²) in [5.41, 5.74) is 4.72. The monoisotopic (exact) mass is 258 g/mol. The Kier molecular flexibility index (Phi) is 4.83. The Morgan fingerprint density at radius 2 is 2.11 bits per heavy atom. The number of rotatable bonds is 6. The molecular weight excluding hydrogens is 240 g/mol. The molecule has 3 N–H and O–H groups in total. The van der Waals surface area contributed by atoms with Crippen molar-refractivity contribution in [2.24, 2.45) is 5.84 Å². The number of nitrogens with zero attached hydrogens (tertiary/aromatic N) is 2. The molecular formula is C14H18N4O. The van der Waals surface area contributed by atoms with Gasteiger partial charge in [-0.2, -0.15) is 0 Å². The van der Waals surface area contributed by atoms with E-state index in [0.29, 0.717) is 6.61 Å². The van der Waals surface area contributed by atoms with Gasteiger partial charge in [-0.25, -0.2) is 5.43 Å². The van der Waals surface area contributed by atoms with E-state index < -0.39 is 0 Å². The Labute approximate surface area is 112 Å². The first-order valence-corrected chi connectivity index (χ1v) is 6.29. The van der Waals surface area contributed by atoms with E-state index in [1.807, 2.05) is 18.2 Å². The van der Waals surface area contributed by atoms with Gasteiger partial charge in [0.1, 0.15) is 5.75 Å². The molecule has 5 heteroatoms. The maximum atomic E-state index is 5.64. The first kappa shape index (κ1) is 13.5. The molecule has 0 amide bonds. The second-order valence-corrected chi connectivity index (χ2v) is 4.19. The van der Waals surface area contributed by atoms with Crippen LogP contribution in [0.1, 0.15) is 30.5 Å². The van der Waals surface area contributed by atoms with Gasteiger partial charge in [0.05, 0.1) is 18.8 Å². The highest BCUT2D eigenvalue weighted by Gasteiger charge is 2.13. The Hall–Kier alpha value is -1.98. The summed E-state index contributed by atoms with van der Waals surface area (Å²) in [6.45, 7) is 2.75. The minimum Gasteiger partial charge on any atom is -0.492 e. The van der Waals surface area contributed by atoms with Gasteiger partial charge in [0.2, 0.25) is 0 Å². The number of hydrogen-bond acceptors (Lipinski definition) is 5. The molecule has 2 heterocycles. The van der Waals surface area contributed by atoms with Gasteiger partial charge in [0.25, 0.3) is 0 Å². The molecule has 100 valence electrons. The minimum absolute atomic E-state index is 0.147. The maximum absolute atomic E-state index is 5.64. The van der Waals surface area contributed by atoms with Crippen LogP contribution in [-0.2, 0) is 0 Å². The molecule has 2 aromatic rings. The Balaban J connectivity index is 2.23. The average molecular weight is 258 g/mol. The topological polar surface area (TPSA) is 73.1 Å². The Bertz CT molecular complexity index is 504. The van der Waals surface area contributed by atoms with Crippen LogP contribution in [0.2, 0.25) is 0 Å². The second-order valence-electron chi connectivity index (χ2n) is 4.19. The van der Waals surface area contributed by atoms with Crippen LogP contribution in [0, 0.1) is 0 Å². The van der Waals surface area contributed by atoms with Crippen molar-refractivity contribution in [1.29, 1.82) is 0 Å². The molecule has 0 aliphatic heterocycles. The van der Waals surface area contributed by atoms with Crippen molar-refractivity contribution in [2.45, 2.75) is 19.4 Å². The quantitative estimate of drug-likeness (QED) is 0.610. The van der Waals surface area contributed by atoms with E-state index in [1.165, 1.54) is 0 Å². The summed E-state index contributed by atoms with van der Waals surface area (Å²) in [5, 5.41) is 0. The van der Waals surface area contributed by atoms with E-state index >= 15 is 0 Å². The molecule has 0 spiro atoms. The molecule has 0 fully saturated rings. The first-order valence-electron chi connectivity index (χ1n) is 6.29. The Morgan fingerprint density at radius 1 is 1.26 bits per heavy atom. The molecule has 1 unspecified atom stereocenters. The van der Waals surface area contributed by atoms with Gasteiger partial charge in [0, 0.05) is 18.6 Å². The molecule has 0 bridgehead atoms. The lowest BCUT2D eigenvalue weighted by molar-refractivity contribution is 0.315. The zero-order chi connectivity index (χ0) is 13.5. The number of hydrazine groups is 1. The summed E-state index contributed by atoms with van der Waals surface area (Å²) in [5.74, 6) is 6.39. The van der Waals surface area contributed by atoms with Crippen LogP contribution in [-0.4, -0.2) is 16.6 Å². The molecule has 2 rings (SSSR count). The third-order valence-corrected chi connectivity index (χ3v) is 2.72. The second kappa shape index (κ2) is 6.82. The molecule has 0 saturated heterocycles. The summed E-state index contributed by atoms with van der Waals surface area (Å²) in [4.78, 5) is 8.29. The van der Waals surface area contributed by atoms with E-state index in [1.54, 1.807) is 24.8 Å². The molecule has 5 nitrogen and oxygen atoms in total. The summed E-state index contributed by atoms with van der Waals surface area (Å²) in [7, 11) is 0. The smallest absolute Gasteiger partial charge is 0.137 e. The third kappa shape index (κ3) is 3.49. The number of nitrogens with two attached hydrogens (primary N) is 1. The van der Waals surface area contributed by atoms with Crippen LogP contribution in [0.15, 0.2) is 43.0 Å². The maximum Gasteiger partial charge on any atom is 0.137 e. The van der Waals surface area contributed by atoms with Crippen LogP contribution in [0.4, 0.5) is 0 Å². The predicted octanol–water partition coefficient (Wildman–Crippen LogP) is 1.82. The third-order valence-electron chi connectivity index (χ3n) is 2.72. The van der Waals surface area contributed by atoms with Gasteiger partial charge in [-0.1, -0.05) is 13.0 Å². The molecule has 0 aliphatic rings. The van der Waals surface area contributed by atoms with E-state index in [0.717, 1.165) is 23.3 Å². The van der Waals surface area contributed by atoms with Crippen molar-refractivity contribution < 1.29 is 4.74 Å². The SMILES string of the molecule is CCCOc1cncc(C(NN)c2cccnc2)c1. The van der Waals surface area contributed by atoms with Gasteiger partial charge in [-0.05, 0) is 29.7 Å². The number of aromatic nitrogens is 2. The number of pyridine rings is 2. The minimum atomic E-state index is -0.147. The van der Waals surface area contributed by atoms with E-state index in [2.05, 4.69) is 22.3 Å². The van der Waals surface area contributed by atoms with Crippen LogP contribution in [0.5, 0.6) is 5.75 Å². The summed E-state index contributed by atoms with van der Waals surface area (Å²) in [6.07, 6.45) is 7.96. The fourth-order valence-electron chi connectivity index (χ4n) is 1.82. The summed E-state index contributed by atoms with van der Waals surface area (Å²) in [6, 6.07) is 5.65. The van der Waals surface area contributed by atoms with Crippen molar-refractivity contribution in [3.63, 3.8) is 0 Å². The molecule has 0 saturated carbocycles. The van der Waals surface area contributed by atoms with Crippen LogP contribution in [0.3, 0.4) is 0 Å². The van der Waals surface area contributed by atoms with Crippen LogP contribution >= 0.6 is 0 Å². The summed E-state index contributed by atoms with van der Waals surface area (Å²) < 4.78 is 5.58. The van der Waals surface area contributed by atoms with Gasteiger partial charge in [-0.15, -0.1) is 0 Å². The van der Waals surface area contributed by atoms with Crippen molar-refractivity contribution in [3.05, 3.63) is 54.1 Å². The molecule has 0 aliphatic carbocycles. The molecule has 19 heavy (non-hydrogen) atoms. The number of ether oxygens (including phenoxy) is 1. The lowest BCUT2D eigenvalue weighted by atomic mass is 10.0. The van der Waals surface area contributed by atoms with Crippen molar-refractivity contribution in [1.82, 2.24) is 15.4 Å². The number of hydrogen-bond donors (Lipinski definition) is 2. The average Bonchev–Trinajstić information content (AvgIpc) is 2.47. The highest BCUT2D eigenvalue weighted by atomic mass is 16.5.